The number of carbonyl (C=O) groups excluding carboxylic acids is 3. The highest BCUT2D eigenvalue weighted by atomic mass is 19.4. The van der Waals surface area contributed by atoms with E-state index in [0.29, 0.717) is 54.1 Å². The van der Waals surface area contributed by atoms with Gasteiger partial charge in [0, 0.05) is 23.2 Å². The molecule has 3 amide bonds. The quantitative estimate of drug-likeness (QED) is 0.0502. The van der Waals surface area contributed by atoms with Gasteiger partial charge in [0.2, 0.25) is 42.1 Å². The number of ether oxygens (including phenoxy) is 8. The number of halogens is 28. The molecule has 19 nitrogen and oxygen atoms in total. The molecular weight excluding hydrogens is 1810 g/mol. The second kappa shape index (κ2) is 39.8. The summed E-state index contributed by atoms with van der Waals surface area (Å²) < 4.78 is 412. The summed E-state index contributed by atoms with van der Waals surface area (Å²) in [7, 11) is 0. The van der Waals surface area contributed by atoms with E-state index in [-0.39, 0.29) is 65.4 Å². The van der Waals surface area contributed by atoms with E-state index in [9.17, 15) is 157 Å². The molecule has 700 valence electrons. The summed E-state index contributed by atoms with van der Waals surface area (Å²) in [6, 6.07) is 21.3. The molecule has 0 bridgehead atoms. The average molecular weight is 1880 g/mol. The number of amides is 3. The molecule has 8 aromatic rings. The fourth-order valence-corrected chi connectivity index (χ4v) is 12.7. The summed E-state index contributed by atoms with van der Waals surface area (Å²) >= 11 is 0. The highest BCUT2D eigenvalue weighted by molar-refractivity contribution is 6.10. The van der Waals surface area contributed by atoms with Gasteiger partial charge in [-0.15, -0.1) is 0 Å². The van der Waals surface area contributed by atoms with Crippen LogP contribution in [0.15, 0.2) is 175 Å². The number of hydrogen-bond donors (Lipinski definition) is 5. The number of morpholine rings is 3. The second-order valence-electron chi connectivity index (χ2n) is 28.5. The smallest absolute Gasteiger partial charge is 0.416 e. The van der Waals surface area contributed by atoms with Crippen LogP contribution in [-0.2, 0) is 118 Å². The third-order valence-electron chi connectivity index (χ3n) is 19.1. The van der Waals surface area contributed by atoms with E-state index in [0.717, 1.165) is 86.6 Å². The topological polar surface area (TPSA) is 242 Å². The van der Waals surface area contributed by atoms with Gasteiger partial charge in [0.05, 0.1) is 88.1 Å². The highest BCUT2D eigenvalue weighted by Crippen LogP contribution is 2.46. The maximum absolute atomic E-state index is 13.4. The first-order valence-corrected chi connectivity index (χ1v) is 36.9. The molecule has 0 saturated carbocycles. The van der Waals surface area contributed by atoms with E-state index in [2.05, 4.69) is 15.6 Å². The van der Waals surface area contributed by atoms with Crippen molar-refractivity contribution in [2.75, 3.05) is 39.5 Å². The molecule has 12 rings (SSSR count). The Morgan fingerprint density at radius 1 is 0.411 bits per heavy atom. The van der Waals surface area contributed by atoms with Crippen molar-refractivity contribution in [2.24, 2.45) is 4.99 Å². The maximum atomic E-state index is 13.4. The van der Waals surface area contributed by atoms with Crippen LogP contribution in [0.2, 0.25) is 0 Å². The molecule has 0 spiro atoms. The molecule has 11 atom stereocenters. The number of aliphatic carboxylic acids is 1. The molecule has 3 fully saturated rings. The van der Waals surface area contributed by atoms with Gasteiger partial charge >= 0.3 is 55.4 Å². The Bertz CT molecular complexity index is 4990. The molecule has 129 heavy (non-hydrogen) atoms. The van der Waals surface area contributed by atoms with E-state index in [1.54, 1.807) is 0 Å². The standard InChI is InChI=1S/C22H20F7NO4.2C20H16F7NO4.C20H14F7NO3/c1-12(14-8-15(21(24,25)26)10-16(9-14)22(27,28)29)34-20-19(13-2-4-17(23)5-3-13)30(6-7-33-20)11-18(31)32;2*1-10(11-6-13(19(22,23)24)8-14(7-11)20(25,26)27)32-17-18(30,28-16(29)9-31-17)12-2-4-15(21)5-3-12;1-10(12-6-13(19(22,23)24)8-14(7-12)20(25,26)27)31-18-17(28-16(29)9-30-18)11-2-4-15(21)5-3-11/h2-5,8-10,12,19-20H,6-7,11H2,1H3,(H,31,32);2*2-8,10,17,30H,9H2,1H3,(H,28,29);2-8,10,18H,9H2,1H3/t12-,19+,20-;10-,17-,18+;10-,17-,18-;10-,18-/m1111/s1. The number of rotatable bonds is 18. The van der Waals surface area contributed by atoms with Crippen molar-refractivity contribution in [1.82, 2.24) is 15.5 Å². The van der Waals surface area contributed by atoms with Gasteiger partial charge in [-0.05, 0) is 177 Å². The number of nitrogens with zero attached hydrogens (tertiary/aromatic N) is 2. The van der Waals surface area contributed by atoms with Crippen LogP contribution in [0.3, 0.4) is 0 Å². The van der Waals surface area contributed by atoms with Crippen molar-refractivity contribution in [2.45, 2.75) is 144 Å². The predicted molar refractivity (Wildman–Crippen MR) is 386 cm³/mol. The zero-order valence-electron chi connectivity index (χ0n) is 65.8. The van der Waals surface area contributed by atoms with Gasteiger partial charge < -0.3 is 63.8 Å². The van der Waals surface area contributed by atoms with Crippen LogP contribution in [0.5, 0.6) is 0 Å². The van der Waals surface area contributed by atoms with Crippen LogP contribution in [-0.4, -0.2) is 114 Å². The predicted octanol–water partition coefficient (Wildman–Crippen LogP) is 19.3. The van der Waals surface area contributed by atoms with Crippen molar-refractivity contribution < 1.29 is 195 Å². The number of carboxylic acid groups (broad SMARTS) is 1. The van der Waals surface area contributed by atoms with Crippen molar-refractivity contribution in [3.05, 3.63) is 282 Å². The van der Waals surface area contributed by atoms with Crippen LogP contribution in [0.1, 0.15) is 147 Å². The number of carboxylic acids is 1. The number of carbonyl (C=O) groups is 4. The summed E-state index contributed by atoms with van der Waals surface area (Å²) in [5.74, 6) is -5.84. The summed E-state index contributed by atoms with van der Waals surface area (Å²) in [5, 5.41) is 35.5. The second-order valence-corrected chi connectivity index (χ2v) is 28.5. The van der Waals surface area contributed by atoms with E-state index in [1.807, 2.05) is 0 Å². The monoisotopic (exact) mass is 1880 g/mol. The highest BCUT2D eigenvalue weighted by Gasteiger charge is 2.51. The zero-order valence-corrected chi connectivity index (χ0v) is 65.8. The fourth-order valence-electron chi connectivity index (χ4n) is 12.7. The summed E-state index contributed by atoms with van der Waals surface area (Å²) in [6.07, 6.45) is -51.8. The van der Waals surface area contributed by atoms with E-state index in [1.165, 1.54) is 43.0 Å². The first kappa shape index (κ1) is 102. The minimum Gasteiger partial charge on any atom is -0.480 e. The molecule has 8 aromatic carbocycles. The Labute approximate surface area is 709 Å². The number of aliphatic imine (C=N–C) groups is 1. The lowest BCUT2D eigenvalue weighted by molar-refractivity contribution is -0.282. The summed E-state index contributed by atoms with van der Waals surface area (Å²) in [4.78, 5) is 51.7. The molecule has 4 aliphatic rings. The normalized spacial score (nSPS) is 21.4. The molecule has 4 aliphatic heterocycles. The van der Waals surface area contributed by atoms with E-state index < -0.39 is 251 Å². The van der Waals surface area contributed by atoms with Crippen LogP contribution < -0.4 is 10.6 Å². The van der Waals surface area contributed by atoms with Crippen molar-refractivity contribution in [1.29, 1.82) is 0 Å². The molecule has 0 radical (unpaired) electrons. The van der Waals surface area contributed by atoms with Gasteiger partial charge in [-0.3, -0.25) is 24.1 Å². The Morgan fingerprint density at radius 2 is 0.698 bits per heavy atom. The molecule has 0 aliphatic carbocycles. The lowest BCUT2D eigenvalue weighted by Crippen LogP contribution is -2.61. The summed E-state index contributed by atoms with van der Waals surface area (Å²) in [6.45, 7) is 2.81. The van der Waals surface area contributed by atoms with E-state index in [4.69, 9.17) is 37.9 Å². The van der Waals surface area contributed by atoms with Gasteiger partial charge in [0.25, 0.3) is 5.91 Å². The molecule has 5 N–H and O–H groups in total. The van der Waals surface area contributed by atoms with Crippen LogP contribution in [0.25, 0.3) is 0 Å². The number of alkyl halides is 24. The van der Waals surface area contributed by atoms with Gasteiger partial charge in [-0.2, -0.15) is 105 Å². The minimum atomic E-state index is -5.06. The van der Waals surface area contributed by atoms with Crippen molar-refractivity contribution in [3.63, 3.8) is 0 Å². The maximum Gasteiger partial charge on any atom is 0.416 e. The molecule has 0 unspecified atom stereocenters. The average Bonchev–Trinajstić information content (AvgIpc) is 0.768. The Kier molecular flexibility index (Phi) is 31.4. The first-order chi connectivity index (χ1) is 59.5. The number of nitrogens with one attached hydrogen (secondary N) is 2. The SMILES string of the molecule is C[C@@H](O[C@H]1OCC(=O)N=C1c1ccc(F)cc1)c1cc(C(F)(F)F)cc(C(F)(F)F)c1.C[C@@H](O[C@H]1OCC(=O)N[C@@]1(O)c1ccc(F)cc1)c1cc(C(F)(F)F)cc(C(F)(F)F)c1.C[C@@H](O[C@H]1OCC(=O)N[C@]1(O)c1ccc(F)cc1)c1cc(C(F)(F)F)cc(C(F)(F)F)c1.C[C@@H](O[C@H]1OCCN(CC(=O)O)[C@H]1c1ccc(F)cc1)c1cc(C(F)(F)F)cc(C(F)(F)F)c1. The van der Waals surface area contributed by atoms with Crippen molar-refractivity contribution in [3.8, 4) is 0 Å². The minimum absolute atomic E-state index is 0.00124. The van der Waals surface area contributed by atoms with Crippen molar-refractivity contribution >= 4 is 29.4 Å². The molecule has 4 heterocycles. The molecule has 47 heteroatoms. The largest absolute Gasteiger partial charge is 0.480 e. The van der Waals surface area contributed by atoms with Crippen LogP contribution >= 0.6 is 0 Å². The molecule has 0 aromatic heterocycles. The number of hydrogen-bond acceptors (Lipinski definition) is 15. The molecular formula is C82H66F28N4O15. The first-order valence-electron chi connectivity index (χ1n) is 36.9. The lowest BCUT2D eigenvalue weighted by Gasteiger charge is -2.41. The Morgan fingerprint density at radius 3 is 1.00 bits per heavy atom. The van der Waals surface area contributed by atoms with Gasteiger partial charge in [-0.25, -0.2) is 22.6 Å². The lowest BCUT2D eigenvalue weighted by atomic mass is 9.99. The van der Waals surface area contributed by atoms with Gasteiger partial charge in [0.1, 0.15) is 48.8 Å². The van der Waals surface area contributed by atoms with Gasteiger partial charge in [-0.1, -0.05) is 48.5 Å². The summed E-state index contributed by atoms with van der Waals surface area (Å²) in [5.41, 5.74) is -18.2. The third kappa shape index (κ3) is 26.9. The third-order valence-corrected chi connectivity index (χ3v) is 19.1. The number of benzene rings is 8. The number of aliphatic hydroxyl groups is 2. The Balaban J connectivity index is 0.000000194. The Hall–Kier alpha value is -10.9. The van der Waals surface area contributed by atoms with Crippen LogP contribution in [0.4, 0.5) is 123 Å². The van der Waals surface area contributed by atoms with E-state index >= 15 is 0 Å². The zero-order chi connectivity index (χ0) is 96.0. The van der Waals surface area contributed by atoms with Crippen LogP contribution in [0, 0.1) is 23.3 Å². The fraction of sp³-hybridized carbons (Fsp3) is 0.354. The molecule has 3 saturated heterocycles. The van der Waals surface area contributed by atoms with Gasteiger partial charge in [0.15, 0.2) is 6.29 Å².